The van der Waals surface area contributed by atoms with Crippen LogP contribution in [-0.4, -0.2) is 35.7 Å². The van der Waals surface area contributed by atoms with E-state index in [2.05, 4.69) is 4.98 Å². The van der Waals surface area contributed by atoms with Crippen molar-refractivity contribution in [2.75, 3.05) is 20.7 Å². The lowest BCUT2D eigenvalue weighted by Gasteiger charge is -2.21. The minimum Gasteiger partial charge on any atom is -0.394 e. The van der Waals surface area contributed by atoms with Gasteiger partial charge >= 0.3 is 0 Å². The first-order valence-corrected chi connectivity index (χ1v) is 3.93. The van der Waals surface area contributed by atoms with Crippen molar-refractivity contribution in [1.82, 2.24) is 9.88 Å². The Morgan fingerprint density at radius 2 is 2.00 bits per heavy atom. The summed E-state index contributed by atoms with van der Waals surface area (Å²) in [7, 11) is 3.89. The van der Waals surface area contributed by atoms with Crippen molar-refractivity contribution in [2.45, 2.75) is 6.04 Å². The molecule has 1 heterocycles. The molecule has 1 aromatic heterocycles. The average molecular weight is 166 g/mol. The molecule has 0 aliphatic carbocycles. The number of nitrogens with zero attached hydrogens (tertiary/aromatic N) is 2. The van der Waals surface area contributed by atoms with Gasteiger partial charge in [-0.05, 0) is 31.8 Å². The summed E-state index contributed by atoms with van der Waals surface area (Å²) in [6, 6.07) is 3.91. The van der Waals surface area contributed by atoms with E-state index in [0.717, 1.165) is 5.56 Å². The van der Waals surface area contributed by atoms with Crippen LogP contribution in [0.3, 0.4) is 0 Å². The van der Waals surface area contributed by atoms with Gasteiger partial charge in [-0.15, -0.1) is 0 Å². The van der Waals surface area contributed by atoms with Crippen LogP contribution in [0.25, 0.3) is 0 Å². The molecular weight excluding hydrogens is 152 g/mol. The van der Waals surface area contributed by atoms with Gasteiger partial charge in [-0.1, -0.05) is 0 Å². The van der Waals surface area contributed by atoms with Crippen LogP contribution in [0.4, 0.5) is 0 Å². The normalized spacial score (nSPS) is 13.3. The number of aliphatic hydroxyl groups is 1. The Morgan fingerprint density at radius 3 is 2.42 bits per heavy atom. The summed E-state index contributed by atoms with van der Waals surface area (Å²) in [5, 5.41) is 9.09. The average Bonchev–Trinajstić information content (AvgIpc) is 2.07. The molecule has 0 saturated carbocycles. The summed E-state index contributed by atoms with van der Waals surface area (Å²) in [5.41, 5.74) is 1.09. The van der Waals surface area contributed by atoms with Gasteiger partial charge in [0.2, 0.25) is 0 Å². The first-order chi connectivity index (χ1) is 5.75. The summed E-state index contributed by atoms with van der Waals surface area (Å²) in [4.78, 5) is 5.90. The molecule has 3 heteroatoms. The van der Waals surface area contributed by atoms with E-state index in [1.54, 1.807) is 12.4 Å². The summed E-state index contributed by atoms with van der Waals surface area (Å²) >= 11 is 0. The standard InChI is InChI=1S/C9H14N2O/c1-11(2)9(7-12)8-3-5-10-6-4-8/h3-6,9,12H,7H2,1-2H3/t9-/m1/s1. The molecule has 0 unspecified atom stereocenters. The Hall–Kier alpha value is -0.930. The van der Waals surface area contributed by atoms with Crippen LogP contribution in [-0.2, 0) is 0 Å². The van der Waals surface area contributed by atoms with Gasteiger partial charge in [0.05, 0.1) is 12.6 Å². The van der Waals surface area contributed by atoms with E-state index in [0.29, 0.717) is 0 Å². The predicted octanol–water partition coefficient (Wildman–Crippen LogP) is 0.677. The van der Waals surface area contributed by atoms with Crippen molar-refractivity contribution in [3.05, 3.63) is 30.1 Å². The minimum atomic E-state index is 0.0769. The molecule has 0 aromatic carbocycles. The fourth-order valence-electron chi connectivity index (χ4n) is 1.15. The highest BCUT2D eigenvalue weighted by atomic mass is 16.3. The Kier molecular flexibility index (Phi) is 3.19. The second kappa shape index (κ2) is 4.18. The zero-order chi connectivity index (χ0) is 8.97. The molecule has 0 bridgehead atoms. The van der Waals surface area contributed by atoms with Crippen LogP contribution in [0, 0.1) is 0 Å². The highest BCUT2D eigenvalue weighted by Gasteiger charge is 2.11. The molecule has 12 heavy (non-hydrogen) atoms. The molecular formula is C9H14N2O. The van der Waals surface area contributed by atoms with Gasteiger partial charge in [0.15, 0.2) is 0 Å². The Balaban J connectivity index is 2.80. The number of likely N-dealkylation sites (N-methyl/N-ethyl adjacent to an activating group) is 1. The topological polar surface area (TPSA) is 36.4 Å². The number of aromatic nitrogens is 1. The van der Waals surface area contributed by atoms with Crippen LogP contribution < -0.4 is 0 Å². The van der Waals surface area contributed by atoms with Crippen molar-refractivity contribution < 1.29 is 5.11 Å². The van der Waals surface area contributed by atoms with Gasteiger partial charge in [0.1, 0.15) is 0 Å². The van der Waals surface area contributed by atoms with Gasteiger partial charge in [0.25, 0.3) is 0 Å². The molecule has 1 aromatic rings. The zero-order valence-corrected chi connectivity index (χ0v) is 7.44. The van der Waals surface area contributed by atoms with Crippen molar-refractivity contribution in [2.24, 2.45) is 0 Å². The maximum atomic E-state index is 9.09. The summed E-state index contributed by atoms with van der Waals surface area (Å²) < 4.78 is 0. The first kappa shape index (κ1) is 9.16. The molecule has 0 spiro atoms. The lowest BCUT2D eigenvalue weighted by Crippen LogP contribution is -2.22. The highest BCUT2D eigenvalue weighted by Crippen LogP contribution is 2.15. The fourth-order valence-corrected chi connectivity index (χ4v) is 1.15. The van der Waals surface area contributed by atoms with Crippen LogP contribution >= 0.6 is 0 Å². The van der Waals surface area contributed by atoms with Gasteiger partial charge in [-0.3, -0.25) is 4.98 Å². The van der Waals surface area contributed by atoms with E-state index in [4.69, 9.17) is 5.11 Å². The predicted molar refractivity (Wildman–Crippen MR) is 47.8 cm³/mol. The lowest BCUT2D eigenvalue weighted by atomic mass is 10.1. The Morgan fingerprint density at radius 1 is 1.42 bits per heavy atom. The second-order valence-electron chi connectivity index (χ2n) is 2.94. The third-order valence-electron chi connectivity index (χ3n) is 1.89. The molecule has 0 fully saturated rings. The van der Waals surface area contributed by atoms with E-state index in [9.17, 15) is 0 Å². The number of hydrogen-bond acceptors (Lipinski definition) is 3. The molecule has 0 saturated heterocycles. The van der Waals surface area contributed by atoms with E-state index < -0.39 is 0 Å². The smallest absolute Gasteiger partial charge is 0.0628 e. The third kappa shape index (κ3) is 2.03. The monoisotopic (exact) mass is 166 g/mol. The maximum Gasteiger partial charge on any atom is 0.0628 e. The Labute approximate surface area is 72.7 Å². The minimum absolute atomic E-state index is 0.0769. The highest BCUT2D eigenvalue weighted by molar-refractivity contribution is 5.14. The third-order valence-corrected chi connectivity index (χ3v) is 1.89. The summed E-state index contributed by atoms with van der Waals surface area (Å²) in [5.74, 6) is 0. The molecule has 1 rings (SSSR count). The molecule has 66 valence electrons. The lowest BCUT2D eigenvalue weighted by molar-refractivity contribution is 0.171. The van der Waals surface area contributed by atoms with Crippen molar-refractivity contribution in [1.29, 1.82) is 0 Å². The largest absolute Gasteiger partial charge is 0.394 e. The van der Waals surface area contributed by atoms with Crippen molar-refractivity contribution >= 4 is 0 Å². The van der Waals surface area contributed by atoms with Crippen LogP contribution in [0.15, 0.2) is 24.5 Å². The van der Waals surface area contributed by atoms with Crippen molar-refractivity contribution in [3.8, 4) is 0 Å². The SMILES string of the molecule is CN(C)[C@H](CO)c1ccncc1. The molecule has 0 amide bonds. The van der Waals surface area contributed by atoms with Gasteiger partial charge in [-0.25, -0.2) is 0 Å². The molecule has 1 atom stereocenters. The molecule has 3 nitrogen and oxygen atoms in total. The van der Waals surface area contributed by atoms with Crippen molar-refractivity contribution in [3.63, 3.8) is 0 Å². The van der Waals surface area contributed by atoms with Crippen LogP contribution in [0.2, 0.25) is 0 Å². The molecule has 1 N–H and O–H groups in total. The van der Waals surface area contributed by atoms with Gasteiger partial charge in [-0.2, -0.15) is 0 Å². The van der Waals surface area contributed by atoms with Crippen LogP contribution in [0.5, 0.6) is 0 Å². The summed E-state index contributed by atoms with van der Waals surface area (Å²) in [6.45, 7) is 0.136. The molecule has 0 aliphatic heterocycles. The van der Waals surface area contributed by atoms with E-state index in [1.807, 2.05) is 31.1 Å². The van der Waals surface area contributed by atoms with E-state index >= 15 is 0 Å². The fraction of sp³-hybridized carbons (Fsp3) is 0.444. The zero-order valence-electron chi connectivity index (χ0n) is 7.44. The number of rotatable bonds is 3. The quantitative estimate of drug-likeness (QED) is 0.717. The molecule has 0 radical (unpaired) electrons. The number of aliphatic hydroxyl groups excluding tert-OH is 1. The Bertz CT molecular complexity index is 223. The number of hydrogen-bond donors (Lipinski definition) is 1. The maximum absolute atomic E-state index is 9.09. The first-order valence-electron chi connectivity index (χ1n) is 3.93. The van der Waals surface area contributed by atoms with Gasteiger partial charge < -0.3 is 10.0 Å². The summed E-state index contributed by atoms with van der Waals surface area (Å²) in [6.07, 6.45) is 3.48. The van der Waals surface area contributed by atoms with E-state index in [1.165, 1.54) is 0 Å². The second-order valence-corrected chi connectivity index (χ2v) is 2.94. The molecule has 0 aliphatic rings. The van der Waals surface area contributed by atoms with Gasteiger partial charge in [0, 0.05) is 12.4 Å². The van der Waals surface area contributed by atoms with E-state index in [-0.39, 0.29) is 12.6 Å². The van der Waals surface area contributed by atoms with Crippen LogP contribution in [0.1, 0.15) is 11.6 Å². The number of pyridine rings is 1.